The molecule has 2 heterocycles. The van der Waals surface area contributed by atoms with E-state index >= 15 is 0 Å². The molecule has 5 heteroatoms. The number of hydrogen-bond acceptors (Lipinski definition) is 4. The Morgan fingerprint density at radius 2 is 2.00 bits per heavy atom. The van der Waals surface area contributed by atoms with Crippen LogP contribution in [0.2, 0.25) is 0 Å². The standard InChI is InChI=1S/C12H18N4O/c13-15-11-5-6-14-9-10(11)12(17)16-7-3-1-2-4-8-16/h5-6,9H,1-4,7-8,13H2,(H,14,15). The van der Waals surface area contributed by atoms with Crippen LogP contribution < -0.4 is 11.3 Å². The Morgan fingerprint density at radius 3 is 2.65 bits per heavy atom. The second kappa shape index (κ2) is 5.63. The van der Waals surface area contributed by atoms with E-state index in [-0.39, 0.29) is 5.91 Å². The van der Waals surface area contributed by atoms with Gasteiger partial charge < -0.3 is 10.3 Å². The summed E-state index contributed by atoms with van der Waals surface area (Å²) in [4.78, 5) is 18.2. The van der Waals surface area contributed by atoms with Crippen molar-refractivity contribution in [3.8, 4) is 0 Å². The lowest BCUT2D eigenvalue weighted by Gasteiger charge is -2.21. The number of carbonyl (C=O) groups is 1. The van der Waals surface area contributed by atoms with Crippen LogP contribution in [0.1, 0.15) is 36.0 Å². The molecule has 1 aromatic rings. The molecule has 92 valence electrons. The Hall–Kier alpha value is -1.62. The first kappa shape index (κ1) is 11.9. The van der Waals surface area contributed by atoms with Crippen LogP contribution in [0.4, 0.5) is 5.69 Å². The summed E-state index contributed by atoms with van der Waals surface area (Å²) in [6, 6.07) is 1.71. The zero-order valence-electron chi connectivity index (χ0n) is 9.85. The van der Waals surface area contributed by atoms with Gasteiger partial charge >= 0.3 is 0 Å². The molecule has 5 nitrogen and oxygen atoms in total. The van der Waals surface area contributed by atoms with Crippen molar-refractivity contribution in [2.45, 2.75) is 25.7 Å². The van der Waals surface area contributed by atoms with Crippen molar-refractivity contribution < 1.29 is 4.79 Å². The highest BCUT2D eigenvalue weighted by atomic mass is 16.2. The number of hydrogen-bond donors (Lipinski definition) is 2. The van der Waals surface area contributed by atoms with Gasteiger partial charge in [0, 0.05) is 25.5 Å². The Labute approximate surface area is 101 Å². The summed E-state index contributed by atoms with van der Waals surface area (Å²) in [5, 5.41) is 0. The van der Waals surface area contributed by atoms with Gasteiger partial charge in [-0.2, -0.15) is 0 Å². The molecule has 0 radical (unpaired) electrons. The van der Waals surface area contributed by atoms with E-state index in [4.69, 9.17) is 5.84 Å². The fourth-order valence-electron chi connectivity index (χ4n) is 2.13. The molecule has 1 saturated heterocycles. The first-order valence-corrected chi connectivity index (χ1v) is 6.03. The summed E-state index contributed by atoms with van der Waals surface area (Å²) >= 11 is 0. The maximum absolute atomic E-state index is 12.3. The molecule has 17 heavy (non-hydrogen) atoms. The first-order chi connectivity index (χ1) is 8.33. The quantitative estimate of drug-likeness (QED) is 0.599. The van der Waals surface area contributed by atoms with Gasteiger partial charge in [-0.1, -0.05) is 12.8 Å². The van der Waals surface area contributed by atoms with Crippen molar-refractivity contribution in [2.75, 3.05) is 18.5 Å². The van der Waals surface area contributed by atoms with E-state index in [1.807, 2.05) is 4.90 Å². The number of rotatable bonds is 2. The third kappa shape index (κ3) is 2.74. The van der Waals surface area contributed by atoms with E-state index in [0.29, 0.717) is 11.3 Å². The number of nitrogens with zero attached hydrogens (tertiary/aromatic N) is 2. The number of aromatic nitrogens is 1. The minimum absolute atomic E-state index is 0.0213. The van der Waals surface area contributed by atoms with Crippen molar-refractivity contribution in [2.24, 2.45) is 5.84 Å². The fraction of sp³-hybridized carbons (Fsp3) is 0.500. The number of nitrogens with two attached hydrogens (primary N) is 1. The van der Waals surface area contributed by atoms with Gasteiger partial charge in [0.25, 0.3) is 5.91 Å². The van der Waals surface area contributed by atoms with E-state index in [1.54, 1.807) is 18.5 Å². The van der Waals surface area contributed by atoms with Gasteiger partial charge in [-0.15, -0.1) is 0 Å². The number of pyridine rings is 1. The van der Waals surface area contributed by atoms with E-state index in [0.717, 1.165) is 25.9 Å². The van der Waals surface area contributed by atoms with Crippen LogP contribution in [-0.2, 0) is 0 Å². The number of amides is 1. The van der Waals surface area contributed by atoms with Gasteiger partial charge in [-0.25, -0.2) is 0 Å². The molecule has 0 bridgehead atoms. The average molecular weight is 234 g/mol. The van der Waals surface area contributed by atoms with E-state index in [2.05, 4.69) is 10.4 Å². The van der Waals surface area contributed by atoms with Gasteiger partial charge in [-0.3, -0.25) is 15.6 Å². The lowest BCUT2D eigenvalue weighted by molar-refractivity contribution is 0.0762. The highest BCUT2D eigenvalue weighted by Crippen LogP contribution is 2.17. The smallest absolute Gasteiger partial charge is 0.257 e. The Kier molecular flexibility index (Phi) is 3.93. The van der Waals surface area contributed by atoms with Crippen LogP contribution in [-0.4, -0.2) is 28.9 Å². The third-order valence-electron chi connectivity index (χ3n) is 3.10. The minimum Gasteiger partial charge on any atom is -0.339 e. The Bertz CT molecular complexity index is 386. The van der Waals surface area contributed by atoms with Gasteiger partial charge in [0.1, 0.15) is 0 Å². The first-order valence-electron chi connectivity index (χ1n) is 6.03. The molecule has 1 fully saturated rings. The normalized spacial score (nSPS) is 16.4. The summed E-state index contributed by atoms with van der Waals surface area (Å²) in [7, 11) is 0. The van der Waals surface area contributed by atoms with Crippen molar-refractivity contribution in [3.05, 3.63) is 24.0 Å². The fourth-order valence-corrected chi connectivity index (χ4v) is 2.13. The molecular formula is C12H18N4O. The molecule has 0 unspecified atom stereocenters. The monoisotopic (exact) mass is 234 g/mol. The SMILES string of the molecule is NNc1ccncc1C(=O)N1CCCCCC1. The molecule has 2 rings (SSSR count). The van der Waals surface area contributed by atoms with Crippen LogP contribution in [0, 0.1) is 0 Å². The molecule has 3 N–H and O–H groups in total. The number of carbonyl (C=O) groups excluding carboxylic acids is 1. The number of hydrazine groups is 1. The largest absolute Gasteiger partial charge is 0.339 e. The van der Waals surface area contributed by atoms with Gasteiger partial charge in [0.05, 0.1) is 11.3 Å². The Balaban J connectivity index is 2.17. The highest BCUT2D eigenvalue weighted by Gasteiger charge is 2.19. The van der Waals surface area contributed by atoms with Crippen LogP contribution in [0.15, 0.2) is 18.5 Å². The van der Waals surface area contributed by atoms with Crippen molar-refractivity contribution >= 4 is 11.6 Å². The lowest BCUT2D eigenvalue weighted by Crippen LogP contribution is -2.32. The molecule has 1 aromatic heterocycles. The van der Waals surface area contributed by atoms with Crippen molar-refractivity contribution in [1.29, 1.82) is 0 Å². The van der Waals surface area contributed by atoms with Gasteiger partial charge in [-0.05, 0) is 18.9 Å². The number of likely N-dealkylation sites (tertiary alicyclic amines) is 1. The maximum Gasteiger partial charge on any atom is 0.257 e. The predicted molar refractivity (Wildman–Crippen MR) is 66.4 cm³/mol. The number of nitrogen functional groups attached to an aromatic ring is 1. The average Bonchev–Trinajstić information content (AvgIpc) is 2.66. The van der Waals surface area contributed by atoms with E-state index in [9.17, 15) is 4.79 Å². The lowest BCUT2D eigenvalue weighted by atomic mass is 10.2. The second-order valence-electron chi connectivity index (χ2n) is 4.27. The van der Waals surface area contributed by atoms with E-state index in [1.165, 1.54) is 12.8 Å². The molecule has 0 atom stereocenters. The summed E-state index contributed by atoms with van der Waals surface area (Å²) in [6.07, 6.45) is 7.77. The topological polar surface area (TPSA) is 71.2 Å². The molecule has 1 aliphatic heterocycles. The van der Waals surface area contributed by atoms with Crippen molar-refractivity contribution in [1.82, 2.24) is 9.88 Å². The number of anilines is 1. The second-order valence-corrected chi connectivity index (χ2v) is 4.27. The van der Waals surface area contributed by atoms with Crippen LogP contribution in [0.5, 0.6) is 0 Å². The van der Waals surface area contributed by atoms with Crippen LogP contribution in [0.3, 0.4) is 0 Å². The van der Waals surface area contributed by atoms with Crippen molar-refractivity contribution in [3.63, 3.8) is 0 Å². The zero-order chi connectivity index (χ0) is 12.1. The zero-order valence-corrected chi connectivity index (χ0v) is 9.85. The molecule has 1 aliphatic rings. The van der Waals surface area contributed by atoms with Gasteiger partial charge in [0.15, 0.2) is 0 Å². The molecule has 0 spiro atoms. The summed E-state index contributed by atoms with van der Waals surface area (Å²) < 4.78 is 0. The minimum atomic E-state index is 0.0213. The maximum atomic E-state index is 12.3. The van der Waals surface area contributed by atoms with Crippen LogP contribution >= 0.6 is 0 Å². The van der Waals surface area contributed by atoms with Gasteiger partial charge in [0.2, 0.25) is 0 Å². The summed E-state index contributed by atoms with van der Waals surface area (Å²) in [5.74, 6) is 5.42. The molecule has 1 amide bonds. The summed E-state index contributed by atoms with van der Waals surface area (Å²) in [5.41, 5.74) is 3.73. The van der Waals surface area contributed by atoms with E-state index < -0.39 is 0 Å². The summed E-state index contributed by atoms with van der Waals surface area (Å²) in [6.45, 7) is 1.66. The molecular weight excluding hydrogens is 216 g/mol. The molecule has 0 aromatic carbocycles. The number of nitrogens with one attached hydrogen (secondary N) is 1. The van der Waals surface area contributed by atoms with Crippen LogP contribution in [0.25, 0.3) is 0 Å². The molecule has 0 aliphatic carbocycles. The highest BCUT2D eigenvalue weighted by molar-refractivity contribution is 5.99. The Morgan fingerprint density at radius 1 is 1.29 bits per heavy atom. The predicted octanol–water partition coefficient (Wildman–Crippen LogP) is 1.38. The third-order valence-corrected chi connectivity index (χ3v) is 3.10. The molecule has 0 saturated carbocycles.